The molecule has 0 saturated heterocycles. The van der Waals surface area contributed by atoms with Gasteiger partial charge in [0.1, 0.15) is 0 Å². The first-order chi connectivity index (χ1) is 9.97. The van der Waals surface area contributed by atoms with Crippen molar-refractivity contribution >= 4 is 5.91 Å². The van der Waals surface area contributed by atoms with Crippen molar-refractivity contribution in [1.82, 2.24) is 14.9 Å². The zero-order chi connectivity index (χ0) is 15.3. The van der Waals surface area contributed by atoms with Gasteiger partial charge in [0.05, 0.1) is 6.33 Å². The summed E-state index contributed by atoms with van der Waals surface area (Å²) in [7, 11) is 0. The zero-order valence-corrected chi connectivity index (χ0v) is 14.1. The van der Waals surface area contributed by atoms with Crippen LogP contribution in [0.15, 0.2) is 43.0 Å². The lowest BCUT2D eigenvalue weighted by atomic mass is 9.87. The Balaban J connectivity index is 0.00000242. The minimum absolute atomic E-state index is 0. The topological polar surface area (TPSA) is 46.9 Å². The summed E-state index contributed by atoms with van der Waals surface area (Å²) in [6.45, 7) is 8.02. The van der Waals surface area contributed by atoms with Crippen molar-refractivity contribution < 1.29 is 17.2 Å². The molecule has 1 amide bonds. The van der Waals surface area contributed by atoms with Gasteiger partial charge in [0.25, 0.3) is 5.91 Å². The van der Waals surface area contributed by atoms with Gasteiger partial charge in [0.15, 0.2) is 0 Å². The second-order valence-electron chi connectivity index (χ2n) is 6.24. The van der Waals surface area contributed by atoms with E-state index >= 15 is 0 Å². The van der Waals surface area contributed by atoms with Crippen molar-refractivity contribution in [3.8, 4) is 0 Å². The molecule has 120 valence electrons. The zero-order valence-electron chi connectivity index (χ0n) is 13.3. The lowest BCUT2D eigenvalue weighted by Crippen LogP contribution is -3.00. The van der Waals surface area contributed by atoms with Gasteiger partial charge in [-0.05, 0) is 29.5 Å². The maximum Gasteiger partial charge on any atom is 0.251 e. The van der Waals surface area contributed by atoms with E-state index in [0.717, 1.165) is 13.0 Å². The number of benzene rings is 1. The molecule has 0 aliphatic rings. The highest BCUT2D eigenvalue weighted by atomic mass is 35.5. The molecule has 0 aliphatic carbocycles. The largest absolute Gasteiger partial charge is 1.00 e. The molecule has 1 heterocycles. The van der Waals surface area contributed by atoms with Crippen molar-refractivity contribution in [2.45, 2.75) is 39.2 Å². The SMILES string of the molecule is CC(C)(C)c1ccc(C(=O)NCCCn2ccnc2)cc1.[Cl-]. The second-order valence-corrected chi connectivity index (χ2v) is 6.24. The van der Waals surface area contributed by atoms with E-state index in [1.165, 1.54) is 5.56 Å². The summed E-state index contributed by atoms with van der Waals surface area (Å²) in [5, 5.41) is 2.95. The Morgan fingerprint density at radius 1 is 1.23 bits per heavy atom. The summed E-state index contributed by atoms with van der Waals surface area (Å²) in [5.74, 6) is -0.0129. The van der Waals surface area contributed by atoms with Crippen molar-refractivity contribution in [3.05, 3.63) is 54.1 Å². The van der Waals surface area contributed by atoms with Crippen LogP contribution in [0.5, 0.6) is 0 Å². The van der Waals surface area contributed by atoms with Crippen molar-refractivity contribution in [2.24, 2.45) is 0 Å². The summed E-state index contributed by atoms with van der Waals surface area (Å²) in [6, 6.07) is 7.85. The third-order valence-electron chi connectivity index (χ3n) is 3.45. The molecular formula is C17H23ClN3O-. The number of halogens is 1. The summed E-state index contributed by atoms with van der Waals surface area (Å²) in [4.78, 5) is 16.0. The van der Waals surface area contributed by atoms with Gasteiger partial charge in [0, 0.05) is 31.0 Å². The third-order valence-corrected chi connectivity index (χ3v) is 3.45. The fourth-order valence-electron chi connectivity index (χ4n) is 2.11. The fourth-order valence-corrected chi connectivity index (χ4v) is 2.11. The molecule has 0 saturated carbocycles. The number of carbonyl (C=O) groups excluding carboxylic acids is 1. The Morgan fingerprint density at radius 2 is 1.91 bits per heavy atom. The van der Waals surface area contributed by atoms with Crippen LogP contribution in [-0.4, -0.2) is 22.0 Å². The van der Waals surface area contributed by atoms with Crippen molar-refractivity contribution in [3.63, 3.8) is 0 Å². The number of amides is 1. The molecule has 0 aliphatic heterocycles. The first-order valence-corrected chi connectivity index (χ1v) is 7.31. The van der Waals surface area contributed by atoms with Crippen LogP contribution >= 0.6 is 0 Å². The number of imidazole rings is 1. The monoisotopic (exact) mass is 320 g/mol. The van der Waals surface area contributed by atoms with Crippen molar-refractivity contribution in [1.29, 1.82) is 0 Å². The molecule has 0 bridgehead atoms. The van der Waals surface area contributed by atoms with Crippen LogP contribution in [0.3, 0.4) is 0 Å². The maximum atomic E-state index is 12.0. The highest BCUT2D eigenvalue weighted by Crippen LogP contribution is 2.22. The lowest BCUT2D eigenvalue weighted by molar-refractivity contribution is -0.0000132. The molecule has 1 N–H and O–H groups in total. The number of aromatic nitrogens is 2. The Labute approximate surface area is 138 Å². The third kappa shape index (κ3) is 5.19. The second kappa shape index (κ2) is 7.99. The quantitative estimate of drug-likeness (QED) is 0.789. The van der Waals surface area contributed by atoms with E-state index in [2.05, 4.69) is 31.1 Å². The Morgan fingerprint density at radius 3 is 2.45 bits per heavy atom. The first kappa shape index (κ1) is 18.2. The van der Waals surface area contributed by atoms with Gasteiger partial charge in [-0.25, -0.2) is 4.98 Å². The van der Waals surface area contributed by atoms with Crippen LogP contribution in [0.2, 0.25) is 0 Å². The van der Waals surface area contributed by atoms with E-state index in [1.54, 1.807) is 12.5 Å². The van der Waals surface area contributed by atoms with Crippen LogP contribution in [0.25, 0.3) is 0 Å². The van der Waals surface area contributed by atoms with E-state index in [9.17, 15) is 4.79 Å². The van der Waals surface area contributed by atoms with E-state index in [-0.39, 0.29) is 23.7 Å². The van der Waals surface area contributed by atoms with E-state index in [1.807, 2.05) is 35.0 Å². The number of nitrogens with zero attached hydrogens (tertiary/aromatic N) is 2. The average Bonchev–Trinajstić information content (AvgIpc) is 2.96. The van der Waals surface area contributed by atoms with E-state index < -0.39 is 0 Å². The normalized spacial score (nSPS) is 10.9. The molecule has 0 fully saturated rings. The molecule has 0 radical (unpaired) electrons. The Kier molecular flexibility index (Phi) is 6.62. The molecular weight excluding hydrogens is 298 g/mol. The highest BCUT2D eigenvalue weighted by Gasteiger charge is 2.14. The lowest BCUT2D eigenvalue weighted by Gasteiger charge is -2.19. The number of nitrogens with one attached hydrogen (secondary N) is 1. The van der Waals surface area contributed by atoms with Gasteiger partial charge in [-0.15, -0.1) is 0 Å². The number of carbonyl (C=O) groups is 1. The van der Waals surface area contributed by atoms with Crippen LogP contribution in [0, 0.1) is 0 Å². The number of rotatable bonds is 5. The van der Waals surface area contributed by atoms with Gasteiger partial charge in [-0.2, -0.15) is 0 Å². The Hall–Kier alpha value is -1.81. The Bertz CT molecular complexity index is 571. The van der Waals surface area contributed by atoms with Crippen LogP contribution in [0.1, 0.15) is 43.1 Å². The minimum Gasteiger partial charge on any atom is -1.00 e. The van der Waals surface area contributed by atoms with Gasteiger partial charge in [-0.1, -0.05) is 32.9 Å². The smallest absolute Gasteiger partial charge is 0.251 e. The standard InChI is InChI=1S/C17H23N3O.ClH/c1-17(2,3)15-7-5-14(6-8-15)16(21)19-9-4-11-20-12-10-18-13-20;/h5-8,10,12-13H,4,9,11H2,1-3H3,(H,19,21);1H/p-1. The maximum absolute atomic E-state index is 12.0. The van der Waals surface area contributed by atoms with Gasteiger partial charge >= 0.3 is 0 Å². The molecule has 0 atom stereocenters. The summed E-state index contributed by atoms with van der Waals surface area (Å²) >= 11 is 0. The summed E-state index contributed by atoms with van der Waals surface area (Å²) < 4.78 is 2.00. The minimum atomic E-state index is -0.0129. The molecule has 2 rings (SSSR count). The van der Waals surface area contributed by atoms with Crippen LogP contribution < -0.4 is 17.7 Å². The molecule has 0 unspecified atom stereocenters. The predicted octanol–water partition coefficient (Wildman–Crippen LogP) is 0.00470. The molecule has 1 aromatic carbocycles. The molecule has 4 nitrogen and oxygen atoms in total. The summed E-state index contributed by atoms with van der Waals surface area (Å²) in [6.07, 6.45) is 6.36. The van der Waals surface area contributed by atoms with E-state index in [4.69, 9.17) is 0 Å². The van der Waals surface area contributed by atoms with Gasteiger partial charge in [-0.3, -0.25) is 4.79 Å². The number of hydrogen-bond acceptors (Lipinski definition) is 2. The van der Waals surface area contributed by atoms with Crippen molar-refractivity contribution in [2.75, 3.05) is 6.54 Å². The predicted molar refractivity (Wildman–Crippen MR) is 84.3 cm³/mol. The first-order valence-electron chi connectivity index (χ1n) is 7.31. The fraction of sp³-hybridized carbons (Fsp3) is 0.412. The summed E-state index contributed by atoms with van der Waals surface area (Å²) in [5.41, 5.74) is 2.06. The van der Waals surface area contributed by atoms with Gasteiger partial charge in [0.2, 0.25) is 0 Å². The molecule has 22 heavy (non-hydrogen) atoms. The van der Waals surface area contributed by atoms with Crippen LogP contribution in [0.4, 0.5) is 0 Å². The number of hydrogen-bond donors (Lipinski definition) is 1. The number of aryl methyl sites for hydroxylation is 1. The molecule has 2 aromatic rings. The van der Waals surface area contributed by atoms with E-state index in [0.29, 0.717) is 12.1 Å². The molecule has 5 heteroatoms. The van der Waals surface area contributed by atoms with Crippen LogP contribution in [-0.2, 0) is 12.0 Å². The average molecular weight is 321 g/mol. The molecule has 1 aromatic heterocycles. The van der Waals surface area contributed by atoms with Gasteiger partial charge < -0.3 is 22.3 Å². The highest BCUT2D eigenvalue weighted by molar-refractivity contribution is 5.94. The molecule has 0 spiro atoms.